The van der Waals surface area contributed by atoms with Crippen molar-refractivity contribution in [2.24, 2.45) is 5.92 Å². The minimum absolute atomic E-state index is 0.0974. The molecule has 1 aliphatic heterocycles. The molecule has 0 spiro atoms. The highest BCUT2D eigenvalue weighted by Gasteiger charge is 2.28. The molecule has 1 saturated heterocycles. The van der Waals surface area contributed by atoms with Gasteiger partial charge in [-0.05, 0) is 24.1 Å². The van der Waals surface area contributed by atoms with Crippen molar-refractivity contribution in [2.45, 2.75) is 26.2 Å². The van der Waals surface area contributed by atoms with Gasteiger partial charge in [-0.1, -0.05) is 26.0 Å². The Bertz CT molecular complexity index is 397. The molecule has 1 aliphatic rings. The summed E-state index contributed by atoms with van der Waals surface area (Å²) in [4.78, 5) is 13.9. The maximum absolute atomic E-state index is 11.9. The Kier molecular flexibility index (Phi) is 3.36. The fourth-order valence-corrected chi connectivity index (χ4v) is 2.37. The molecule has 1 heterocycles. The molecule has 2 N–H and O–H groups in total. The van der Waals surface area contributed by atoms with Crippen LogP contribution in [-0.2, 0) is 4.79 Å². The lowest BCUT2D eigenvalue weighted by Crippen LogP contribution is -2.31. The Morgan fingerprint density at radius 1 is 1.35 bits per heavy atom. The molecular weight excluding hydrogens is 212 g/mol. The number of rotatable bonds is 2. The van der Waals surface area contributed by atoms with Gasteiger partial charge in [0.2, 0.25) is 5.91 Å². The molecule has 17 heavy (non-hydrogen) atoms. The van der Waals surface area contributed by atoms with Gasteiger partial charge >= 0.3 is 0 Å². The average molecular weight is 232 g/mol. The van der Waals surface area contributed by atoms with Crippen LogP contribution in [-0.4, -0.2) is 23.9 Å². The minimum atomic E-state index is 0.0974. The molecule has 0 saturated carbocycles. The van der Waals surface area contributed by atoms with E-state index in [1.165, 1.54) is 5.56 Å². The van der Waals surface area contributed by atoms with Crippen LogP contribution < -0.4 is 5.73 Å². The fraction of sp³-hybridized carbons (Fsp3) is 0.500. The summed E-state index contributed by atoms with van der Waals surface area (Å²) in [5.74, 6) is 0.835. The number of anilines is 1. The second-order valence-corrected chi connectivity index (χ2v) is 5.09. The van der Waals surface area contributed by atoms with Gasteiger partial charge in [-0.25, -0.2) is 0 Å². The van der Waals surface area contributed by atoms with Crippen LogP contribution in [0, 0.1) is 5.92 Å². The second-order valence-electron chi connectivity index (χ2n) is 5.09. The van der Waals surface area contributed by atoms with E-state index in [9.17, 15) is 4.79 Å². The number of nitrogens with two attached hydrogens (primary N) is 1. The topological polar surface area (TPSA) is 46.3 Å². The summed E-state index contributed by atoms with van der Waals surface area (Å²) >= 11 is 0. The summed E-state index contributed by atoms with van der Waals surface area (Å²) in [6.07, 6.45) is 1.06. The Labute approximate surface area is 103 Å². The molecule has 0 aromatic heterocycles. The number of carbonyl (C=O) groups excluding carboxylic acids is 1. The van der Waals surface area contributed by atoms with Gasteiger partial charge in [0.1, 0.15) is 0 Å². The first-order valence-electron chi connectivity index (χ1n) is 6.22. The Hall–Kier alpha value is -1.51. The van der Waals surface area contributed by atoms with Crippen molar-refractivity contribution in [3.8, 4) is 0 Å². The van der Waals surface area contributed by atoms with Crippen LogP contribution in [0.2, 0.25) is 0 Å². The standard InChI is InChI=1S/C14H20N2O/c1-10(2)14(17)16-8-7-12(9-16)11-3-5-13(15)6-4-11/h3-6,10,12H,7-9,15H2,1-2H3. The second kappa shape index (κ2) is 4.78. The number of amides is 1. The van der Waals surface area contributed by atoms with Crippen LogP contribution in [0.3, 0.4) is 0 Å². The molecular formula is C14H20N2O. The summed E-state index contributed by atoms with van der Waals surface area (Å²) in [6.45, 7) is 5.64. The molecule has 0 bridgehead atoms. The largest absolute Gasteiger partial charge is 0.399 e. The summed E-state index contributed by atoms with van der Waals surface area (Å²) in [7, 11) is 0. The highest BCUT2D eigenvalue weighted by molar-refractivity contribution is 5.78. The molecule has 1 amide bonds. The smallest absolute Gasteiger partial charge is 0.225 e. The minimum Gasteiger partial charge on any atom is -0.399 e. The third kappa shape index (κ3) is 2.60. The van der Waals surface area contributed by atoms with E-state index in [2.05, 4.69) is 12.1 Å². The number of likely N-dealkylation sites (tertiary alicyclic amines) is 1. The van der Waals surface area contributed by atoms with E-state index in [1.807, 2.05) is 30.9 Å². The number of carbonyl (C=O) groups is 1. The van der Waals surface area contributed by atoms with E-state index in [-0.39, 0.29) is 11.8 Å². The van der Waals surface area contributed by atoms with E-state index in [0.717, 1.165) is 25.2 Å². The van der Waals surface area contributed by atoms with Crippen molar-refractivity contribution < 1.29 is 4.79 Å². The zero-order valence-electron chi connectivity index (χ0n) is 10.5. The monoisotopic (exact) mass is 232 g/mol. The molecule has 1 unspecified atom stereocenters. The van der Waals surface area contributed by atoms with Crippen LogP contribution >= 0.6 is 0 Å². The quantitative estimate of drug-likeness (QED) is 0.795. The van der Waals surface area contributed by atoms with Crippen molar-refractivity contribution in [3.63, 3.8) is 0 Å². The van der Waals surface area contributed by atoms with Crippen LogP contribution in [0.25, 0.3) is 0 Å². The van der Waals surface area contributed by atoms with Gasteiger partial charge in [-0.3, -0.25) is 4.79 Å². The molecule has 1 aromatic carbocycles. The first-order valence-corrected chi connectivity index (χ1v) is 6.22. The number of hydrogen-bond acceptors (Lipinski definition) is 2. The molecule has 1 fully saturated rings. The molecule has 1 aromatic rings. The van der Waals surface area contributed by atoms with E-state index < -0.39 is 0 Å². The summed E-state index contributed by atoms with van der Waals surface area (Å²) < 4.78 is 0. The van der Waals surface area contributed by atoms with E-state index in [1.54, 1.807) is 0 Å². The van der Waals surface area contributed by atoms with Gasteiger partial charge in [0, 0.05) is 30.6 Å². The zero-order valence-corrected chi connectivity index (χ0v) is 10.5. The third-order valence-corrected chi connectivity index (χ3v) is 3.40. The fourth-order valence-electron chi connectivity index (χ4n) is 2.37. The van der Waals surface area contributed by atoms with Crippen molar-refractivity contribution in [1.82, 2.24) is 4.90 Å². The molecule has 0 radical (unpaired) electrons. The van der Waals surface area contributed by atoms with E-state index >= 15 is 0 Å². The highest BCUT2D eigenvalue weighted by Crippen LogP contribution is 2.28. The number of nitrogen functional groups attached to an aromatic ring is 1. The Morgan fingerprint density at radius 3 is 2.59 bits per heavy atom. The van der Waals surface area contributed by atoms with E-state index in [4.69, 9.17) is 5.73 Å². The Morgan fingerprint density at radius 2 is 2.00 bits per heavy atom. The zero-order chi connectivity index (χ0) is 12.4. The number of nitrogens with zero attached hydrogens (tertiary/aromatic N) is 1. The molecule has 3 nitrogen and oxygen atoms in total. The molecule has 3 heteroatoms. The van der Waals surface area contributed by atoms with Gasteiger partial charge in [-0.2, -0.15) is 0 Å². The van der Waals surface area contributed by atoms with Crippen LogP contribution in [0.1, 0.15) is 31.7 Å². The predicted molar refractivity (Wildman–Crippen MR) is 69.6 cm³/mol. The normalized spacial score (nSPS) is 19.9. The Balaban J connectivity index is 2.03. The van der Waals surface area contributed by atoms with Crippen LogP contribution in [0.5, 0.6) is 0 Å². The van der Waals surface area contributed by atoms with Crippen LogP contribution in [0.15, 0.2) is 24.3 Å². The van der Waals surface area contributed by atoms with Crippen molar-refractivity contribution >= 4 is 11.6 Å². The van der Waals surface area contributed by atoms with Gasteiger partial charge in [-0.15, -0.1) is 0 Å². The van der Waals surface area contributed by atoms with Crippen molar-refractivity contribution in [1.29, 1.82) is 0 Å². The molecule has 2 rings (SSSR count). The summed E-state index contributed by atoms with van der Waals surface area (Å²) in [5.41, 5.74) is 7.76. The lowest BCUT2D eigenvalue weighted by Gasteiger charge is -2.18. The maximum Gasteiger partial charge on any atom is 0.225 e. The van der Waals surface area contributed by atoms with Gasteiger partial charge < -0.3 is 10.6 Å². The SMILES string of the molecule is CC(C)C(=O)N1CCC(c2ccc(N)cc2)C1. The molecule has 0 aliphatic carbocycles. The predicted octanol–water partition coefficient (Wildman–Crippen LogP) is 2.24. The van der Waals surface area contributed by atoms with Gasteiger partial charge in [0.25, 0.3) is 0 Å². The van der Waals surface area contributed by atoms with Gasteiger partial charge in [0.05, 0.1) is 0 Å². The van der Waals surface area contributed by atoms with Crippen molar-refractivity contribution in [3.05, 3.63) is 29.8 Å². The first-order chi connectivity index (χ1) is 8.08. The van der Waals surface area contributed by atoms with Crippen molar-refractivity contribution in [2.75, 3.05) is 18.8 Å². The molecule has 1 atom stereocenters. The van der Waals surface area contributed by atoms with Gasteiger partial charge in [0.15, 0.2) is 0 Å². The lowest BCUT2D eigenvalue weighted by atomic mass is 9.98. The number of hydrogen-bond donors (Lipinski definition) is 1. The number of benzene rings is 1. The summed E-state index contributed by atoms with van der Waals surface area (Å²) in [6, 6.07) is 8.01. The van der Waals surface area contributed by atoms with Crippen LogP contribution in [0.4, 0.5) is 5.69 Å². The summed E-state index contributed by atoms with van der Waals surface area (Å²) in [5, 5.41) is 0. The maximum atomic E-state index is 11.9. The highest BCUT2D eigenvalue weighted by atomic mass is 16.2. The lowest BCUT2D eigenvalue weighted by molar-refractivity contribution is -0.133. The first kappa shape index (κ1) is 12.0. The third-order valence-electron chi connectivity index (χ3n) is 3.40. The average Bonchev–Trinajstić information content (AvgIpc) is 2.78. The van der Waals surface area contributed by atoms with E-state index in [0.29, 0.717) is 5.92 Å². The molecule has 92 valence electrons.